The molecule has 7 nitrogen and oxygen atoms in total. The summed E-state index contributed by atoms with van der Waals surface area (Å²) >= 11 is 0. The highest BCUT2D eigenvalue weighted by Crippen LogP contribution is 2.23. The molecule has 1 saturated carbocycles. The third-order valence-electron chi connectivity index (χ3n) is 8.31. The van der Waals surface area contributed by atoms with Gasteiger partial charge in [-0.3, -0.25) is 9.59 Å². The van der Waals surface area contributed by atoms with Crippen LogP contribution in [-0.4, -0.2) is 55.1 Å². The summed E-state index contributed by atoms with van der Waals surface area (Å²) in [5, 5.41) is 4.80. The normalized spacial score (nSPS) is 14.8. The van der Waals surface area contributed by atoms with E-state index in [-0.39, 0.29) is 35.4 Å². The highest BCUT2D eigenvalue weighted by molar-refractivity contribution is 7.89. The zero-order chi connectivity index (χ0) is 31.1. The number of hydrogen-bond acceptors (Lipinski definition) is 4. The SMILES string of the molecule is CN(CC(=O)N(Cc1ccccc1F)[C@@H](Cc1ccccc1)C(=O)NC1CCCCC1)S(=O)(=O)c1ccc2ccccc2c1. The number of sulfonamides is 1. The van der Waals surface area contributed by atoms with Gasteiger partial charge in [-0.1, -0.05) is 98.1 Å². The van der Waals surface area contributed by atoms with Gasteiger partial charge in [0.1, 0.15) is 11.9 Å². The molecule has 4 aromatic rings. The summed E-state index contributed by atoms with van der Waals surface area (Å²) in [5.41, 5.74) is 1.07. The van der Waals surface area contributed by atoms with Crippen molar-refractivity contribution in [2.45, 2.75) is 62.0 Å². The maximum absolute atomic E-state index is 14.9. The van der Waals surface area contributed by atoms with E-state index < -0.39 is 34.3 Å². The van der Waals surface area contributed by atoms with Crippen molar-refractivity contribution in [2.75, 3.05) is 13.6 Å². The van der Waals surface area contributed by atoms with E-state index in [0.29, 0.717) is 0 Å². The lowest BCUT2D eigenvalue weighted by molar-refractivity contribution is -0.141. The lowest BCUT2D eigenvalue weighted by Crippen LogP contribution is -2.54. The molecule has 0 saturated heterocycles. The Hall–Kier alpha value is -4.08. The largest absolute Gasteiger partial charge is 0.352 e. The van der Waals surface area contributed by atoms with E-state index in [2.05, 4.69) is 5.32 Å². The molecule has 1 atom stereocenters. The topological polar surface area (TPSA) is 86.8 Å². The summed E-state index contributed by atoms with van der Waals surface area (Å²) < 4.78 is 43.2. The highest BCUT2D eigenvalue weighted by Gasteiger charge is 2.34. The van der Waals surface area contributed by atoms with Gasteiger partial charge >= 0.3 is 0 Å². The molecule has 0 aliphatic heterocycles. The first-order valence-electron chi connectivity index (χ1n) is 15.0. The molecule has 0 unspecified atom stereocenters. The Balaban J connectivity index is 1.46. The first-order valence-corrected chi connectivity index (χ1v) is 16.5. The van der Waals surface area contributed by atoms with Crippen molar-refractivity contribution in [1.82, 2.24) is 14.5 Å². The molecule has 0 bridgehead atoms. The van der Waals surface area contributed by atoms with Crippen molar-refractivity contribution in [2.24, 2.45) is 0 Å². The average Bonchev–Trinajstić information content (AvgIpc) is 3.04. The third kappa shape index (κ3) is 7.52. The molecule has 230 valence electrons. The van der Waals surface area contributed by atoms with E-state index >= 15 is 0 Å². The van der Waals surface area contributed by atoms with Gasteiger partial charge in [-0.15, -0.1) is 0 Å². The van der Waals surface area contributed by atoms with Gasteiger partial charge in [0.15, 0.2) is 0 Å². The summed E-state index contributed by atoms with van der Waals surface area (Å²) in [6.45, 7) is -0.712. The number of hydrogen-bond donors (Lipinski definition) is 1. The minimum Gasteiger partial charge on any atom is -0.352 e. The van der Waals surface area contributed by atoms with Gasteiger partial charge in [0.2, 0.25) is 21.8 Å². The van der Waals surface area contributed by atoms with Crippen LogP contribution in [0.3, 0.4) is 0 Å². The van der Waals surface area contributed by atoms with Crippen LogP contribution in [0.1, 0.15) is 43.2 Å². The average molecular weight is 616 g/mol. The van der Waals surface area contributed by atoms with Gasteiger partial charge in [0.05, 0.1) is 11.4 Å². The maximum Gasteiger partial charge on any atom is 0.243 e. The molecule has 4 aromatic carbocycles. The fraction of sp³-hybridized carbons (Fsp3) is 0.314. The van der Waals surface area contributed by atoms with Crippen LogP contribution in [0.25, 0.3) is 10.8 Å². The fourth-order valence-electron chi connectivity index (χ4n) is 5.78. The number of nitrogens with one attached hydrogen (secondary N) is 1. The van der Waals surface area contributed by atoms with Crippen LogP contribution in [0.15, 0.2) is 102 Å². The van der Waals surface area contributed by atoms with Crippen molar-refractivity contribution >= 4 is 32.6 Å². The monoisotopic (exact) mass is 615 g/mol. The van der Waals surface area contributed by atoms with Gasteiger partial charge in [0.25, 0.3) is 0 Å². The Kier molecular flexibility index (Phi) is 10.1. The van der Waals surface area contributed by atoms with Crippen molar-refractivity contribution in [3.8, 4) is 0 Å². The Bertz CT molecular complexity index is 1710. The highest BCUT2D eigenvalue weighted by atomic mass is 32.2. The number of fused-ring (bicyclic) bond motifs is 1. The first-order chi connectivity index (χ1) is 21.2. The number of amides is 2. The molecule has 1 fully saturated rings. The van der Waals surface area contributed by atoms with Crippen LogP contribution in [0.2, 0.25) is 0 Å². The fourth-order valence-corrected chi connectivity index (χ4v) is 6.94. The van der Waals surface area contributed by atoms with E-state index in [0.717, 1.165) is 52.7 Å². The molecule has 44 heavy (non-hydrogen) atoms. The number of carbonyl (C=O) groups excluding carboxylic acids is 2. The molecule has 0 radical (unpaired) electrons. The molecule has 5 rings (SSSR count). The number of likely N-dealkylation sites (N-methyl/N-ethyl adjacent to an activating group) is 1. The van der Waals surface area contributed by atoms with Crippen LogP contribution < -0.4 is 5.32 Å². The third-order valence-corrected chi connectivity index (χ3v) is 10.1. The molecule has 9 heteroatoms. The molecule has 0 spiro atoms. The van der Waals surface area contributed by atoms with E-state index in [1.807, 2.05) is 54.6 Å². The first kappa shape index (κ1) is 31.3. The smallest absolute Gasteiger partial charge is 0.243 e. The second kappa shape index (κ2) is 14.1. The zero-order valence-corrected chi connectivity index (χ0v) is 25.7. The molecule has 1 aliphatic rings. The summed E-state index contributed by atoms with van der Waals surface area (Å²) in [6.07, 6.45) is 5.07. The van der Waals surface area contributed by atoms with Crippen molar-refractivity contribution in [3.63, 3.8) is 0 Å². The molecule has 1 aliphatic carbocycles. The minimum atomic E-state index is -4.06. The second-order valence-corrected chi connectivity index (χ2v) is 13.5. The number of halogens is 1. The van der Waals surface area contributed by atoms with Gasteiger partial charge in [-0.25, -0.2) is 12.8 Å². The van der Waals surface area contributed by atoms with Crippen LogP contribution in [0.5, 0.6) is 0 Å². The van der Waals surface area contributed by atoms with Crippen LogP contribution >= 0.6 is 0 Å². The lowest BCUT2D eigenvalue weighted by Gasteiger charge is -2.34. The van der Waals surface area contributed by atoms with Crippen molar-refractivity contribution in [3.05, 3.63) is 114 Å². The standard InChI is InChI=1S/C35H38FN3O4S/c1-38(44(42,43)31-21-20-27-14-8-9-15-28(27)23-31)25-34(40)39(24-29-16-10-11-19-32(29)36)33(22-26-12-4-2-5-13-26)35(41)37-30-17-6-3-7-18-30/h2,4-5,8-16,19-21,23,30,33H,3,6-7,17-18,22,24-25H2,1H3,(H,37,41)/t33-/m0/s1. The molecule has 1 N–H and O–H groups in total. The number of nitrogens with zero attached hydrogens (tertiary/aromatic N) is 2. The van der Waals surface area contributed by atoms with E-state index in [1.165, 1.54) is 24.1 Å². The number of carbonyl (C=O) groups is 2. The Morgan fingerprint density at radius 1 is 0.864 bits per heavy atom. The summed E-state index contributed by atoms with van der Waals surface area (Å²) in [5.74, 6) is -1.43. The van der Waals surface area contributed by atoms with Gasteiger partial charge in [0, 0.05) is 31.6 Å². The van der Waals surface area contributed by atoms with Gasteiger partial charge in [-0.2, -0.15) is 4.31 Å². The predicted octanol–water partition coefficient (Wildman–Crippen LogP) is 5.69. The molecular formula is C35H38FN3O4S. The summed E-state index contributed by atoms with van der Waals surface area (Å²) in [7, 11) is -2.71. The minimum absolute atomic E-state index is 0.00380. The maximum atomic E-state index is 14.9. The van der Waals surface area contributed by atoms with Crippen LogP contribution in [0.4, 0.5) is 4.39 Å². The lowest BCUT2D eigenvalue weighted by atomic mass is 9.94. The summed E-state index contributed by atoms with van der Waals surface area (Å²) in [4.78, 5) is 29.4. The summed E-state index contributed by atoms with van der Waals surface area (Å²) in [6, 6.07) is 26.7. The second-order valence-electron chi connectivity index (χ2n) is 11.4. The van der Waals surface area contributed by atoms with E-state index in [9.17, 15) is 22.4 Å². The van der Waals surface area contributed by atoms with E-state index in [1.54, 1.807) is 30.3 Å². The number of benzene rings is 4. The van der Waals surface area contributed by atoms with Crippen molar-refractivity contribution in [1.29, 1.82) is 0 Å². The molecule has 0 heterocycles. The predicted molar refractivity (Wildman–Crippen MR) is 170 cm³/mol. The Morgan fingerprint density at radius 2 is 1.52 bits per heavy atom. The van der Waals surface area contributed by atoms with E-state index in [4.69, 9.17) is 0 Å². The van der Waals surface area contributed by atoms with Crippen LogP contribution in [0, 0.1) is 5.82 Å². The van der Waals surface area contributed by atoms with Crippen LogP contribution in [-0.2, 0) is 32.6 Å². The Morgan fingerprint density at radius 3 is 2.25 bits per heavy atom. The zero-order valence-electron chi connectivity index (χ0n) is 24.9. The number of rotatable bonds is 11. The van der Waals surface area contributed by atoms with Gasteiger partial charge < -0.3 is 10.2 Å². The molecular weight excluding hydrogens is 577 g/mol. The van der Waals surface area contributed by atoms with Gasteiger partial charge in [-0.05, 0) is 47.4 Å². The quantitative estimate of drug-likeness (QED) is 0.235. The Labute approximate surface area is 258 Å². The molecule has 0 aromatic heterocycles. The van der Waals surface area contributed by atoms with Crippen molar-refractivity contribution < 1.29 is 22.4 Å². The molecule has 2 amide bonds.